The zero-order valence-electron chi connectivity index (χ0n) is 13.1. The van der Waals surface area contributed by atoms with Crippen molar-refractivity contribution in [2.75, 3.05) is 26.2 Å². The molecule has 1 amide bonds. The Hall–Kier alpha value is -1.42. The lowest BCUT2D eigenvalue weighted by molar-refractivity contribution is -0.132. The van der Waals surface area contributed by atoms with Gasteiger partial charge in [-0.15, -0.1) is 0 Å². The lowest BCUT2D eigenvalue weighted by Crippen LogP contribution is -2.42. The number of carbonyl (C=O) groups is 1. The summed E-state index contributed by atoms with van der Waals surface area (Å²) in [6.45, 7) is 4.32. The maximum absolute atomic E-state index is 12.9. The molecule has 0 saturated carbocycles. The zero-order valence-corrected chi connectivity index (χ0v) is 13.1. The van der Waals surface area contributed by atoms with Crippen LogP contribution in [0.3, 0.4) is 0 Å². The van der Waals surface area contributed by atoms with Crippen molar-refractivity contribution >= 4 is 5.91 Å². The van der Waals surface area contributed by atoms with Crippen molar-refractivity contribution < 1.29 is 9.18 Å². The summed E-state index contributed by atoms with van der Waals surface area (Å²) in [5.41, 5.74) is 1.03. The molecule has 0 spiro atoms. The van der Waals surface area contributed by atoms with Crippen LogP contribution >= 0.6 is 0 Å². The van der Waals surface area contributed by atoms with Gasteiger partial charge in [-0.1, -0.05) is 12.1 Å². The number of aryl methyl sites for hydroxylation is 1. The summed E-state index contributed by atoms with van der Waals surface area (Å²) in [5.74, 6) is 0.0336. The van der Waals surface area contributed by atoms with E-state index in [9.17, 15) is 9.18 Å². The SMILES string of the molecule is O=C(CCc1ccc(F)cc1)N1CCC[C@@H]1CN1CCCC1. The summed E-state index contributed by atoms with van der Waals surface area (Å²) in [4.78, 5) is 17.1. The molecule has 0 aromatic heterocycles. The van der Waals surface area contributed by atoms with Crippen LogP contribution in [0, 0.1) is 5.82 Å². The van der Waals surface area contributed by atoms with E-state index in [2.05, 4.69) is 9.80 Å². The van der Waals surface area contributed by atoms with Gasteiger partial charge < -0.3 is 9.80 Å². The van der Waals surface area contributed by atoms with E-state index in [1.165, 1.54) is 38.1 Å². The molecule has 2 fully saturated rings. The van der Waals surface area contributed by atoms with Crippen LogP contribution in [-0.4, -0.2) is 47.9 Å². The molecule has 120 valence electrons. The minimum absolute atomic E-state index is 0.222. The summed E-state index contributed by atoms with van der Waals surface area (Å²) < 4.78 is 12.9. The quantitative estimate of drug-likeness (QED) is 0.835. The molecule has 0 aliphatic carbocycles. The van der Waals surface area contributed by atoms with Gasteiger partial charge in [-0.3, -0.25) is 4.79 Å². The van der Waals surface area contributed by atoms with Gasteiger partial charge in [0.25, 0.3) is 0 Å². The Morgan fingerprint density at radius 3 is 2.55 bits per heavy atom. The van der Waals surface area contributed by atoms with Crippen LogP contribution in [0.15, 0.2) is 24.3 Å². The summed E-state index contributed by atoms with van der Waals surface area (Å²) in [7, 11) is 0. The van der Waals surface area contributed by atoms with Gasteiger partial charge in [-0.2, -0.15) is 0 Å². The highest BCUT2D eigenvalue weighted by atomic mass is 19.1. The van der Waals surface area contributed by atoms with E-state index < -0.39 is 0 Å². The lowest BCUT2D eigenvalue weighted by Gasteiger charge is -2.28. The highest BCUT2D eigenvalue weighted by molar-refractivity contribution is 5.77. The van der Waals surface area contributed by atoms with Crippen molar-refractivity contribution in [2.24, 2.45) is 0 Å². The van der Waals surface area contributed by atoms with Crippen molar-refractivity contribution in [1.29, 1.82) is 0 Å². The van der Waals surface area contributed by atoms with Crippen LogP contribution in [-0.2, 0) is 11.2 Å². The van der Waals surface area contributed by atoms with E-state index in [0.717, 1.165) is 31.5 Å². The second kappa shape index (κ2) is 7.23. The Morgan fingerprint density at radius 1 is 1.09 bits per heavy atom. The number of nitrogens with zero attached hydrogens (tertiary/aromatic N) is 2. The molecule has 1 atom stereocenters. The lowest BCUT2D eigenvalue weighted by atomic mass is 10.1. The molecule has 3 rings (SSSR count). The van der Waals surface area contributed by atoms with Crippen molar-refractivity contribution in [3.63, 3.8) is 0 Å². The topological polar surface area (TPSA) is 23.6 Å². The highest BCUT2D eigenvalue weighted by Gasteiger charge is 2.30. The molecule has 2 saturated heterocycles. The number of rotatable bonds is 5. The Kier molecular flexibility index (Phi) is 5.08. The third-order valence-corrected chi connectivity index (χ3v) is 4.91. The maximum Gasteiger partial charge on any atom is 0.223 e. The molecule has 2 aliphatic rings. The first-order valence-electron chi connectivity index (χ1n) is 8.48. The average molecular weight is 304 g/mol. The van der Waals surface area contributed by atoms with E-state index in [-0.39, 0.29) is 11.7 Å². The number of carbonyl (C=O) groups excluding carboxylic acids is 1. The number of hydrogen-bond donors (Lipinski definition) is 0. The fourth-order valence-electron chi connectivity index (χ4n) is 3.66. The summed E-state index contributed by atoms with van der Waals surface area (Å²) in [5, 5.41) is 0. The normalized spacial score (nSPS) is 22.4. The van der Waals surface area contributed by atoms with E-state index in [1.807, 2.05) is 0 Å². The Balaban J connectivity index is 1.50. The van der Waals surface area contributed by atoms with E-state index in [0.29, 0.717) is 18.9 Å². The van der Waals surface area contributed by atoms with Crippen LogP contribution in [0.4, 0.5) is 4.39 Å². The molecule has 1 aromatic rings. The molecule has 4 heteroatoms. The van der Waals surface area contributed by atoms with Gasteiger partial charge in [0.05, 0.1) is 0 Å². The predicted molar refractivity (Wildman–Crippen MR) is 85.1 cm³/mol. The summed E-state index contributed by atoms with van der Waals surface area (Å²) in [6, 6.07) is 6.87. The van der Waals surface area contributed by atoms with Gasteiger partial charge in [0.1, 0.15) is 5.82 Å². The molecule has 2 heterocycles. The first kappa shape index (κ1) is 15.5. The molecule has 0 N–H and O–H groups in total. The van der Waals surface area contributed by atoms with Crippen LogP contribution in [0.1, 0.15) is 37.7 Å². The first-order chi connectivity index (χ1) is 10.7. The summed E-state index contributed by atoms with van der Waals surface area (Å²) in [6.07, 6.45) is 6.09. The van der Waals surface area contributed by atoms with Crippen molar-refractivity contribution in [3.8, 4) is 0 Å². The van der Waals surface area contributed by atoms with E-state index >= 15 is 0 Å². The summed E-state index contributed by atoms with van der Waals surface area (Å²) >= 11 is 0. The van der Waals surface area contributed by atoms with Crippen molar-refractivity contribution in [1.82, 2.24) is 9.80 Å². The number of likely N-dealkylation sites (tertiary alicyclic amines) is 2. The van der Waals surface area contributed by atoms with Crippen LogP contribution in [0.5, 0.6) is 0 Å². The third kappa shape index (κ3) is 3.86. The average Bonchev–Trinajstić information content (AvgIpc) is 3.19. The van der Waals surface area contributed by atoms with E-state index in [1.54, 1.807) is 12.1 Å². The molecule has 0 bridgehead atoms. The van der Waals surface area contributed by atoms with Crippen LogP contribution < -0.4 is 0 Å². The fraction of sp³-hybridized carbons (Fsp3) is 0.611. The minimum Gasteiger partial charge on any atom is -0.338 e. The van der Waals surface area contributed by atoms with E-state index in [4.69, 9.17) is 0 Å². The monoisotopic (exact) mass is 304 g/mol. The molecule has 3 nitrogen and oxygen atoms in total. The first-order valence-corrected chi connectivity index (χ1v) is 8.48. The molecule has 1 aromatic carbocycles. The molecular formula is C18H25FN2O. The molecular weight excluding hydrogens is 279 g/mol. The third-order valence-electron chi connectivity index (χ3n) is 4.91. The van der Waals surface area contributed by atoms with Crippen LogP contribution in [0.2, 0.25) is 0 Å². The Labute approximate surface area is 132 Å². The van der Waals surface area contributed by atoms with Gasteiger partial charge in [-0.05, 0) is 62.9 Å². The number of halogens is 1. The predicted octanol–water partition coefficient (Wildman–Crippen LogP) is 2.85. The number of benzene rings is 1. The van der Waals surface area contributed by atoms with Gasteiger partial charge >= 0.3 is 0 Å². The largest absolute Gasteiger partial charge is 0.338 e. The molecule has 22 heavy (non-hydrogen) atoms. The second-order valence-corrected chi connectivity index (χ2v) is 6.52. The standard InChI is InChI=1S/C18H25FN2O/c19-16-8-5-15(6-9-16)7-10-18(22)21-13-3-4-17(21)14-20-11-1-2-12-20/h5-6,8-9,17H,1-4,7,10-14H2/t17-/m1/s1. The zero-order chi connectivity index (χ0) is 15.4. The van der Waals surface area contributed by atoms with Gasteiger partial charge in [0, 0.05) is 25.6 Å². The smallest absolute Gasteiger partial charge is 0.223 e. The van der Waals surface area contributed by atoms with Gasteiger partial charge in [-0.25, -0.2) is 4.39 Å². The molecule has 2 aliphatic heterocycles. The minimum atomic E-state index is -0.222. The number of amides is 1. The molecule has 0 radical (unpaired) electrons. The van der Waals surface area contributed by atoms with Gasteiger partial charge in [0.15, 0.2) is 0 Å². The highest BCUT2D eigenvalue weighted by Crippen LogP contribution is 2.21. The van der Waals surface area contributed by atoms with Crippen molar-refractivity contribution in [2.45, 2.75) is 44.6 Å². The fourth-order valence-corrected chi connectivity index (χ4v) is 3.66. The number of hydrogen-bond acceptors (Lipinski definition) is 2. The maximum atomic E-state index is 12.9. The van der Waals surface area contributed by atoms with Crippen molar-refractivity contribution in [3.05, 3.63) is 35.6 Å². The van der Waals surface area contributed by atoms with Gasteiger partial charge in [0.2, 0.25) is 5.91 Å². The molecule has 0 unspecified atom stereocenters. The Bertz CT molecular complexity index is 496. The Morgan fingerprint density at radius 2 is 1.82 bits per heavy atom. The second-order valence-electron chi connectivity index (χ2n) is 6.52. The van der Waals surface area contributed by atoms with Crippen LogP contribution in [0.25, 0.3) is 0 Å².